The molecule has 1 aliphatic heterocycles. The Hall–Kier alpha value is -0.280. The fourth-order valence-corrected chi connectivity index (χ4v) is 5.75. The van der Waals surface area contributed by atoms with E-state index in [1.54, 1.807) is 41.4 Å². The quantitative estimate of drug-likeness (QED) is 0.748. The van der Waals surface area contributed by atoms with Gasteiger partial charge >= 0.3 is 0 Å². The van der Waals surface area contributed by atoms with E-state index >= 15 is 0 Å². The summed E-state index contributed by atoms with van der Waals surface area (Å²) >= 11 is 5.07. The highest BCUT2D eigenvalue weighted by Crippen LogP contribution is 2.30. The van der Waals surface area contributed by atoms with Crippen molar-refractivity contribution in [1.82, 2.24) is 4.31 Å². The topological polar surface area (TPSA) is 72.6 Å². The second-order valence-electron chi connectivity index (χ2n) is 4.81. The zero-order valence-electron chi connectivity index (χ0n) is 11.8. The van der Waals surface area contributed by atoms with Gasteiger partial charge in [0.05, 0.1) is 11.5 Å². The summed E-state index contributed by atoms with van der Waals surface area (Å²) in [5.74, 6) is 1.83. The van der Waals surface area contributed by atoms with Gasteiger partial charge in [-0.2, -0.15) is 16.1 Å². The SMILES string of the molecule is COCCN(C1CCSC1)S(=O)(=O)c1ccc(N)c(Br)c1. The lowest BCUT2D eigenvalue weighted by atomic mass is 10.3. The third kappa shape index (κ3) is 3.92. The predicted octanol–water partition coefficient (Wildman–Crippen LogP) is 2.17. The number of nitrogens with two attached hydrogens (primary N) is 1. The number of hydrogen-bond acceptors (Lipinski definition) is 5. The Morgan fingerprint density at radius 3 is 2.86 bits per heavy atom. The molecule has 1 aromatic rings. The molecule has 5 nitrogen and oxygen atoms in total. The van der Waals surface area contributed by atoms with E-state index in [0.717, 1.165) is 17.9 Å². The molecule has 1 heterocycles. The number of nitrogens with zero attached hydrogens (tertiary/aromatic N) is 1. The van der Waals surface area contributed by atoms with Crippen molar-refractivity contribution in [2.45, 2.75) is 17.4 Å². The van der Waals surface area contributed by atoms with Crippen LogP contribution in [0.1, 0.15) is 6.42 Å². The molecule has 0 saturated carbocycles. The molecule has 2 N–H and O–H groups in total. The second-order valence-corrected chi connectivity index (χ2v) is 8.70. The number of halogens is 1. The first-order chi connectivity index (χ1) is 9.96. The van der Waals surface area contributed by atoms with Crippen molar-refractivity contribution in [1.29, 1.82) is 0 Å². The second kappa shape index (κ2) is 7.32. The molecule has 0 amide bonds. The average molecular weight is 395 g/mol. The van der Waals surface area contributed by atoms with Crippen molar-refractivity contribution in [3.05, 3.63) is 22.7 Å². The monoisotopic (exact) mass is 394 g/mol. The molecule has 1 saturated heterocycles. The summed E-state index contributed by atoms with van der Waals surface area (Å²) in [6.45, 7) is 0.753. The van der Waals surface area contributed by atoms with Crippen LogP contribution >= 0.6 is 27.7 Å². The minimum atomic E-state index is -3.54. The van der Waals surface area contributed by atoms with Crippen LogP contribution in [0, 0.1) is 0 Å². The summed E-state index contributed by atoms with van der Waals surface area (Å²) in [6.07, 6.45) is 0.879. The first-order valence-electron chi connectivity index (χ1n) is 6.60. The molecule has 8 heteroatoms. The van der Waals surface area contributed by atoms with Crippen molar-refractivity contribution in [2.24, 2.45) is 0 Å². The average Bonchev–Trinajstić information content (AvgIpc) is 2.96. The summed E-state index contributed by atoms with van der Waals surface area (Å²) in [5, 5.41) is 0. The molecule has 1 aliphatic rings. The summed E-state index contributed by atoms with van der Waals surface area (Å²) in [4.78, 5) is 0.261. The van der Waals surface area contributed by atoms with Gasteiger partial charge in [-0.25, -0.2) is 8.42 Å². The highest BCUT2D eigenvalue weighted by atomic mass is 79.9. The van der Waals surface area contributed by atoms with Crippen LogP contribution in [0.4, 0.5) is 5.69 Å². The maximum absolute atomic E-state index is 12.9. The van der Waals surface area contributed by atoms with Crippen molar-refractivity contribution in [3.8, 4) is 0 Å². The van der Waals surface area contributed by atoms with Crippen LogP contribution in [-0.2, 0) is 14.8 Å². The molecule has 1 atom stereocenters. The lowest BCUT2D eigenvalue weighted by molar-refractivity contribution is 0.169. The lowest BCUT2D eigenvalue weighted by Crippen LogP contribution is -2.42. The van der Waals surface area contributed by atoms with E-state index in [0.29, 0.717) is 23.3 Å². The fourth-order valence-electron chi connectivity index (χ4n) is 2.23. The Balaban J connectivity index is 2.33. The smallest absolute Gasteiger partial charge is 0.243 e. The van der Waals surface area contributed by atoms with Crippen LogP contribution in [0.2, 0.25) is 0 Å². The molecular formula is C13H19BrN2O3S2. The number of sulfonamides is 1. The molecule has 0 aliphatic carbocycles. The molecule has 1 fully saturated rings. The maximum Gasteiger partial charge on any atom is 0.243 e. The molecule has 1 aromatic carbocycles. The largest absolute Gasteiger partial charge is 0.398 e. The van der Waals surface area contributed by atoms with Crippen molar-refractivity contribution < 1.29 is 13.2 Å². The van der Waals surface area contributed by atoms with E-state index < -0.39 is 10.0 Å². The number of benzene rings is 1. The Kier molecular flexibility index (Phi) is 5.96. The molecular weight excluding hydrogens is 376 g/mol. The van der Waals surface area contributed by atoms with Crippen LogP contribution in [-0.4, -0.2) is 50.5 Å². The Labute approximate surface area is 138 Å². The Morgan fingerprint density at radius 2 is 2.29 bits per heavy atom. The molecule has 1 unspecified atom stereocenters. The maximum atomic E-state index is 12.9. The zero-order chi connectivity index (χ0) is 15.5. The molecule has 0 aromatic heterocycles. The normalized spacial score (nSPS) is 19.3. The van der Waals surface area contributed by atoms with Crippen molar-refractivity contribution in [2.75, 3.05) is 37.5 Å². The van der Waals surface area contributed by atoms with Crippen LogP contribution in [0.3, 0.4) is 0 Å². The van der Waals surface area contributed by atoms with E-state index in [1.165, 1.54) is 0 Å². The summed E-state index contributed by atoms with van der Waals surface area (Å²) in [7, 11) is -1.96. The minimum absolute atomic E-state index is 0.0338. The van der Waals surface area contributed by atoms with E-state index in [1.807, 2.05) is 0 Å². The van der Waals surface area contributed by atoms with E-state index in [-0.39, 0.29) is 10.9 Å². The van der Waals surface area contributed by atoms with E-state index in [4.69, 9.17) is 10.5 Å². The first-order valence-corrected chi connectivity index (χ1v) is 9.99. The number of methoxy groups -OCH3 is 1. The van der Waals surface area contributed by atoms with Gasteiger partial charge < -0.3 is 10.5 Å². The lowest BCUT2D eigenvalue weighted by Gasteiger charge is -2.27. The molecule has 0 bridgehead atoms. The summed E-state index contributed by atoms with van der Waals surface area (Å²) < 4.78 is 33.0. The van der Waals surface area contributed by atoms with Gasteiger partial charge in [-0.1, -0.05) is 0 Å². The number of ether oxygens (including phenoxy) is 1. The third-order valence-corrected chi connectivity index (χ3v) is 7.19. The fraction of sp³-hybridized carbons (Fsp3) is 0.538. The van der Waals surface area contributed by atoms with Gasteiger partial charge in [0.2, 0.25) is 10.0 Å². The van der Waals surface area contributed by atoms with Gasteiger partial charge in [0, 0.05) is 35.6 Å². The van der Waals surface area contributed by atoms with Crippen LogP contribution in [0.25, 0.3) is 0 Å². The van der Waals surface area contributed by atoms with Crippen LogP contribution in [0.5, 0.6) is 0 Å². The summed E-state index contributed by atoms with van der Waals surface area (Å²) in [5.41, 5.74) is 6.25. The van der Waals surface area contributed by atoms with Crippen molar-refractivity contribution >= 4 is 43.4 Å². The van der Waals surface area contributed by atoms with Gasteiger partial charge in [-0.15, -0.1) is 0 Å². The third-order valence-electron chi connectivity index (χ3n) is 3.41. The number of thioether (sulfide) groups is 1. The van der Waals surface area contributed by atoms with Gasteiger partial charge in [0.25, 0.3) is 0 Å². The summed E-state index contributed by atoms with van der Waals surface area (Å²) in [6, 6.07) is 4.75. The minimum Gasteiger partial charge on any atom is -0.398 e. The molecule has 0 spiro atoms. The number of rotatable bonds is 6. The molecule has 21 heavy (non-hydrogen) atoms. The number of anilines is 1. The van der Waals surface area contributed by atoms with Gasteiger partial charge in [-0.3, -0.25) is 0 Å². The zero-order valence-corrected chi connectivity index (χ0v) is 15.0. The number of nitrogen functional groups attached to an aromatic ring is 1. The molecule has 0 radical (unpaired) electrons. The van der Waals surface area contributed by atoms with Crippen LogP contribution < -0.4 is 5.73 Å². The Morgan fingerprint density at radius 1 is 1.52 bits per heavy atom. The Bertz CT molecular complexity index is 589. The number of hydrogen-bond donors (Lipinski definition) is 1. The standard InChI is InChI=1S/C13H19BrN2O3S2/c1-19-6-5-16(10-4-7-20-9-10)21(17,18)11-2-3-13(15)12(14)8-11/h2-3,8,10H,4-7,9,15H2,1H3. The highest BCUT2D eigenvalue weighted by molar-refractivity contribution is 9.10. The van der Waals surface area contributed by atoms with Crippen molar-refractivity contribution in [3.63, 3.8) is 0 Å². The highest BCUT2D eigenvalue weighted by Gasteiger charge is 2.33. The van der Waals surface area contributed by atoms with E-state index in [9.17, 15) is 8.42 Å². The predicted molar refractivity (Wildman–Crippen MR) is 90.1 cm³/mol. The van der Waals surface area contributed by atoms with Gasteiger partial charge in [0.15, 0.2) is 0 Å². The van der Waals surface area contributed by atoms with Gasteiger partial charge in [-0.05, 0) is 46.3 Å². The molecule has 118 valence electrons. The molecule has 2 rings (SSSR count). The van der Waals surface area contributed by atoms with Crippen LogP contribution in [0.15, 0.2) is 27.6 Å². The first kappa shape index (κ1) is 17.1. The van der Waals surface area contributed by atoms with E-state index in [2.05, 4.69) is 15.9 Å². The van der Waals surface area contributed by atoms with Gasteiger partial charge in [0.1, 0.15) is 0 Å².